The zero-order chi connectivity index (χ0) is 23.6. The summed E-state index contributed by atoms with van der Waals surface area (Å²) in [5.41, 5.74) is -0.173. The maximum Gasteiger partial charge on any atom is 0.352 e. The molecule has 4 rings (SSSR count). The van der Waals surface area contributed by atoms with Gasteiger partial charge in [-0.3, -0.25) is 24.3 Å². The van der Waals surface area contributed by atoms with E-state index in [4.69, 9.17) is 9.47 Å². The maximum absolute atomic E-state index is 13.4. The monoisotopic (exact) mass is 489 g/mol. The van der Waals surface area contributed by atoms with Crippen molar-refractivity contribution >= 4 is 46.9 Å². The van der Waals surface area contributed by atoms with Crippen LogP contribution >= 0.6 is 23.1 Å². The first-order valence-electron chi connectivity index (χ1n) is 9.78. The number of para-hydroxylation sites is 1. The first-order valence-corrected chi connectivity index (χ1v) is 11.7. The minimum atomic E-state index is -1.79. The fraction of sp³-hybridized carbons (Fsp3) is 0.286. The molecule has 2 atom stereocenters. The number of nitrogens with zero attached hydrogens (tertiary/aromatic N) is 2. The molecule has 12 heteroatoms. The van der Waals surface area contributed by atoms with Crippen LogP contribution in [0.15, 0.2) is 53.3 Å². The minimum Gasteiger partial charge on any atom is -0.477 e. The van der Waals surface area contributed by atoms with Crippen LogP contribution in [-0.4, -0.2) is 62.2 Å². The number of carbonyl (C=O) groups excluding carboxylic acids is 3. The average molecular weight is 490 g/mol. The highest BCUT2D eigenvalue weighted by molar-refractivity contribution is 8.00. The first-order chi connectivity index (χ1) is 15.8. The van der Waals surface area contributed by atoms with Crippen molar-refractivity contribution in [3.8, 4) is 5.75 Å². The van der Waals surface area contributed by atoms with Gasteiger partial charge in [0, 0.05) is 29.3 Å². The molecule has 3 heterocycles. The number of benzene rings is 1. The van der Waals surface area contributed by atoms with Gasteiger partial charge in [0.1, 0.15) is 18.1 Å². The standard InChI is InChI=1S/C21H19N3O7S2/c1-12(25)30-9-13-10-32-20-21(31-14-5-3-2-4-6-14,19(29)24(20)17(13)18(27)28)23-16(26)7-15-8-22-11-33-15/h2-6,8,11,20H,7,9-10H2,1H3,(H,23,26)(H,27,28)/t20-,21+/m1/s1. The smallest absolute Gasteiger partial charge is 0.352 e. The van der Waals surface area contributed by atoms with Gasteiger partial charge in [-0.05, 0) is 12.1 Å². The summed E-state index contributed by atoms with van der Waals surface area (Å²) >= 11 is 2.52. The molecule has 1 fully saturated rings. The Morgan fingerprint density at radius 2 is 2.06 bits per heavy atom. The molecule has 1 saturated heterocycles. The predicted molar refractivity (Wildman–Crippen MR) is 118 cm³/mol. The van der Waals surface area contributed by atoms with E-state index in [0.717, 1.165) is 4.90 Å². The van der Waals surface area contributed by atoms with E-state index in [1.807, 2.05) is 0 Å². The number of esters is 1. The summed E-state index contributed by atoms with van der Waals surface area (Å²) in [6.45, 7) is 0.969. The molecular weight excluding hydrogens is 470 g/mol. The molecule has 172 valence electrons. The van der Waals surface area contributed by atoms with Crippen molar-refractivity contribution in [1.29, 1.82) is 0 Å². The lowest BCUT2D eigenvalue weighted by molar-refractivity contribution is -0.180. The maximum atomic E-state index is 13.4. The largest absolute Gasteiger partial charge is 0.477 e. The molecule has 33 heavy (non-hydrogen) atoms. The normalized spacial score (nSPS) is 21.7. The summed E-state index contributed by atoms with van der Waals surface area (Å²) in [5.74, 6) is -2.56. The topological polar surface area (TPSA) is 135 Å². The molecule has 2 amide bonds. The lowest BCUT2D eigenvalue weighted by Crippen LogP contribution is -2.82. The van der Waals surface area contributed by atoms with Crippen molar-refractivity contribution in [3.05, 3.63) is 58.2 Å². The van der Waals surface area contributed by atoms with Crippen LogP contribution < -0.4 is 10.1 Å². The number of carbonyl (C=O) groups is 4. The molecule has 0 saturated carbocycles. The zero-order valence-corrected chi connectivity index (χ0v) is 19.0. The minimum absolute atomic E-state index is 0.00540. The number of fused-ring (bicyclic) bond motifs is 1. The molecule has 2 aliphatic rings. The van der Waals surface area contributed by atoms with E-state index >= 15 is 0 Å². The van der Waals surface area contributed by atoms with Gasteiger partial charge in [0.2, 0.25) is 5.91 Å². The van der Waals surface area contributed by atoms with E-state index in [2.05, 4.69) is 10.3 Å². The number of aromatic nitrogens is 1. The number of hydrogen-bond donors (Lipinski definition) is 2. The molecule has 0 radical (unpaired) electrons. The number of hydrogen-bond acceptors (Lipinski definition) is 9. The fourth-order valence-electron chi connectivity index (χ4n) is 3.54. The van der Waals surface area contributed by atoms with Gasteiger partial charge in [0.25, 0.3) is 11.6 Å². The van der Waals surface area contributed by atoms with Crippen LogP contribution in [-0.2, 0) is 30.3 Å². The number of β-lactam (4-membered cyclic amide) rings is 1. The van der Waals surface area contributed by atoms with Crippen molar-refractivity contribution in [2.24, 2.45) is 0 Å². The van der Waals surface area contributed by atoms with Gasteiger partial charge in [0.15, 0.2) is 5.37 Å². The van der Waals surface area contributed by atoms with E-state index in [1.165, 1.54) is 30.0 Å². The second-order valence-corrected chi connectivity index (χ2v) is 9.26. The predicted octanol–water partition coefficient (Wildman–Crippen LogP) is 1.39. The number of carboxylic acids is 1. The van der Waals surface area contributed by atoms with Crippen molar-refractivity contribution in [2.75, 3.05) is 12.4 Å². The van der Waals surface area contributed by atoms with Crippen LogP contribution in [0.5, 0.6) is 5.75 Å². The van der Waals surface area contributed by atoms with Gasteiger partial charge in [-0.1, -0.05) is 18.2 Å². The third-order valence-electron chi connectivity index (χ3n) is 4.93. The Morgan fingerprint density at radius 1 is 1.30 bits per heavy atom. The number of carboxylic acid groups (broad SMARTS) is 1. The SMILES string of the molecule is CC(=O)OCC1=C(C(=O)O)N2C(=O)[C@](NC(=O)Cc3cncs3)(Oc3ccccc3)[C@H]2SC1. The summed E-state index contributed by atoms with van der Waals surface area (Å²) in [5, 5.41) is 11.7. The Hall–Kier alpha value is -3.38. The van der Waals surface area contributed by atoms with E-state index < -0.39 is 34.9 Å². The molecule has 10 nitrogen and oxygen atoms in total. The van der Waals surface area contributed by atoms with Gasteiger partial charge in [-0.25, -0.2) is 4.79 Å². The number of thiazole rings is 1. The highest BCUT2D eigenvalue weighted by Gasteiger charge is 2.68. The Bertz CT molecular complexity index is 1120. The molecule has 0 bridgehead atoms. The average Bonchev–Trinajstić information content (AvgIpc) is 3.29. The number of rotatable bonds is 8. The summed E-state index contributed by atoms with van der Waals surface area (Å²) < 4.78 is 11.0. The molecular formula is C21H19N3O7S2. The number of ether oxygens (including phenoxy) is 2. The fourth-order valence-corrected chi connectivity index (χ4v) is 5.50. The van der Waals surface area contributed by atoms with Crippen molar-refractivity contribution in [2.45, 2.75) is 24.4 Å². The Labute approximate surface area is 196 Å². The van der Waals surface area contributed by atoms with Crippen LogP contribution in [0.2, 0.25) is 0 Å². The lowest BCUT2D eigenvalue weighted by Gasteiger charge is -2.55. The number of aliphatic carboxylic acids is 1. The highest BCUT2D eigenvalue weighted by Crippen LogP contribution is 2.47. The van der Waals surface area contributed by atoms with Gasteiger partial charge in [-0.2, -0.15) is 0 Å². The summed E-state index contributed by atoms with van der Waals surface area (Å²) in [6.07, 6.45) is 1.56. The molecule has 1 aromatic heterocycles. The van der Waals surface area contributed by atoms with Gasteiger partial charge in [0.05, 0.1) is 11.9 Å². The van der Waals surface area contributed by atoms with E-state index in [9.17, 15) is 24.3 Å². The summed E-state index contributed by atoms with van der Waals surface area (Å²) in [7, 11) is 0. The van der Waals surface area contributed by atoms with Crippen LogP contribution in [0, 0.1) is 0 Å². The van der Waals surface area contributed by atoms with Gasteiger partial charge < -0.3 is 19.9 Å². The van der Waals surface area contributed by atoms with E-state index in [0.29, 0.717) is 10.6 Å². The Balaban J connectivity index is 1.65. The number of thioether (sulfide) groups is 1. The van der Waals surface area contributed by atoms with E-state index in [-0.39, 0.29) is 30.1 Å². The molecule has 2 aliphatic heterocycles. The summed E-state index contributed by atoms with van der Waals surface area (Å²) in [6, 6.07) is 8.49. The molecule has 0 spiro atoms. The highest BCUT2D eigenvalue weighted by atomic mass is 32.2. The van der Waals surface area contributed by atoms with Crippen LogP contribution in [0.4, 0.5) is 0 Å². The van der Waals surface area contributed by atoms with Gasteiger partial charge >= 0.3 is 11.9 Å². The lowest BCUT2D eigenvalue weighted by atomic mass is 9.97. The summed E-state index contributed by atoms with van der Waals surface area (Å²) in [4.78, 5) is 55.2. The number of amides is 2. The van der Waals surface area contributed by atoms with Crippen molar-refractivity contribution in [1.82, 2.24) is 15.2 Å². The van der Waals surface area contributed by atoms with Crippen LogP contribution in [0.25, 0.3) is 0 Å². The first kappa shape index (κ1) is 22.8. The molecule has 0 aliphatic carbocycles. The Morgan fingerprint density at radius 3 is 2.70 bits per heavy atom. The van der Waals surface area contributed by atoms with Crippen molar-refractivity contribution < 1.29 is 33.8 Å². The molecule has 2 N–H and O–H groups in total. The molecule has 2 aromatic rings. The van der Waals surface area contributed by atoms with Crippen LogP contribution in [0.1, 0.15) is 11.8 Å². The van der Waals surface area contributed by atoms with Gasteiger partial charge in [-0.15, -0.1) is 23.1 Å². The van der Waals surface area contributed by atoms with Crippen LogP contribution in [0.3, 0.4) is 0 Å². The zero-order valence-electron chi connectivity index (χ0n) is 17.3. The molecule has 0 unspecified atom stereocenters. The Kier molecular flexibility index (Phi) is 6.38. The molecule has 1 aromatic carbocycles. The number of nitrogens with one attached hydrogen (secondary N) is 1. The quantitative estimate of drug-likeness (QED) is 0.320. The second-order valence-electron chi connectivity index (χ2n) is 7.22. The third kappa shape index (κ3) is 4.44. The third-order valence-corrected chi connectivity index (χ3v) is 7.08. The van der Waals surface area contributed by atoms with Crippen molar-refractivity contribution in [3.63, 3.8) is 0 Å². The second kappa shape index (κ2) is 9.24. The van der Waals surface area contributed by atoms with E-state index in [1.54, 1.807) is 42.0 Å².